The smallest absolute Gasteiger partial charge is 0.308 e. The molecule has 0 aliphatic rings. The summed E-state index contributed by atoms with van der Waals surface area (Å²) in [5.41, 5.74) is 4.73. The number of hydrogen-bond acceptors (Lipinski definition) is 5. The molecule has 31 heavy (non-hydrogen) atoms. The van der Waals surface area contributed by atoms with Crippen molar-refractivity contribution in [2.45, 2.75) is 59.3 Å². The number of rotatable bonds is 9. The van der Waals surface area contributed by atoms with E-state index in [1.807, 2.05) is 27.0 Å². The van der Waals surface area contributed by atoms with Crippen molar-refractivity contribution in [2.24, 2.45) is 12.0 Å². The van der Waals surface area contributed by atoms with E-state index in [0.29, 0.717) is 12.2 Å². The van der Waals surface area contributed by atoms with Crippen LogP contribution in [0.25, 0.3) is 11.3 Å². The third kappa shape index (κ3) is 6.81. The molecule has 0 radical (unpaired) electrons. The Morgan fingerprint density at radius 2 is 1.87 bits per heavy atom. The number of allylic oxidation sites excluding steroid dienone is 1. The number of nitrogens with zero attached hydrogens (tertiary/aromatic N) is 3. The van der Waals surface area contributed by atoms with E-state index >= 15 is 0 Å². The average molecular weight is 426 g/mol. The van der Waals surface area contributed by atoms with Crippen molar-refractivity contribution >= 4 is 23.5 Å². The molecule has 0 amide bonds. The van der Waals surface area contributed by atoms with Crippen molar-refractivity contribution < 1.29 is 14.3 Å². The Balaban J connectivity index is 2.45. The fraction of sp³-hybridized carbons (Fsp3) is 0.480. The maximum absolute atomic E-state index is 11.9. The number of aryl methyl sites for hydroxylation is 2. The molecule has 6 heteroatoms. The number of ether oxygens (including phenoxy) is 2. The van der Waals surface area contributed by atoms with E-state index in [9.17, 15) is 4.79 Å². The zero-order chi connectivity index (χ0) is 23.0. The minimum atomic E-state index is -0.261. The fourth-order valence-corrected chi connectivity index (χ4v) is 3.20. The molecule has 1 heterocycles. The quantitative estimate of drug-likeness (QED) is 0.237. The number of unbranched alkanes of at least 4 members (excludes halogenated alkanes) is 1. The Morgan fingerprint density at radius 3 is 2.39 bits per heavy atom. The summed E-state index contributed by atoms with van der Waals surface area (Å²) < 4.78 is 13.1. The van der Waals surface area contributed by atoms with E-state index in [4.69, 9.17) is 9.47 Å². The molecular weight excluding hydrogens is 390 g/mol. The minimum Gasteiger partial charge on any atom is -0.454 e. The summed E-state index contributed by atoms with van der Waals surface area (Å²) in [4.78, 5) is 16.2. The molecule has 0 unspecified atom stereocenters. The van der Waals surface area contributed by atoms with E-state index in [2.05, 4.69) is 55.1 Å². The predicted molar refractivity (Wildman–Crippen MR) is 126 cm³/mol. The summed E-state index contributed by atoms with van der Waals surface area (Å²) in [6.45, 7) is 10.4. The topological polar surface area (TPSA) is 65.7 Å². The zero-order valence-electron chi connectivity index (χ0n) is 19.9. The van der Waals surface area contributed by atoms with E-state index in [0.717, 1.165) is 35.4 Å². The molecule has 2 aromatic rings. The molecule has 0 spiro atoms. The first-order valence-electron chi connectivity index (χ1n) is 10.7. The first-order valence-corrected chi connectivity index (χ1v) is 10.7. The summed E-state index contributed by atoms with van der Waals surface area (Å²) in [5.74, 6) is 0.308. The van der Waals surface area contributed by atoms with Crippen molar-refractivity contribution in [3.8, 4) is 0 Å². The molecule has 0 aliphatic heterocycles. The summed E-state index contributed by atoms with van der Waals surface area (Å²) in [5, 5.41) is 4.45. The van der Waals surface area contributed by atoms with Crippen LogP contribution < -0.4 is 0 Å². The molecule has 0 fully saturated rings. The number of aliphatic imine (C=N–C) groups is 1. The number of aromatic nitrogens is 2. The SMILES string of the molecule is CCCCC(=O)OCO/C(=C(/C=NC)c1ccc(C(C)(C)C)cc1)c1cc(C)nn1C. The van der Waals surface area contributed by atoms with Gasteiger partial charge >= 0.3 is 5.97 Å². The van der Waals surface area contributed by atoms with Gasteiger partial charge in [-0.15, -0.1) is 0 Å². The first-order chi connectivity index (χ1) is 14.7. The normalized spacial score (nSPS) is 12.7. The lowest BCUT2D eigenvalue weighted by molar-refractivity contribution is -0.151. The lowest BCUT2D eigenvalue weighted by Gasteiger charge is -2.20. The third-order valence-corrected chi connectivity index (χ3v) is 4.96. The van der Waals surface area contributed by atoms with Crippen molar-refractivity contribution in [2.75, 3.05) is 13.8 Å². The largest absolute Gasteiger partial charge is 0.454 e. The molecular formula is C25H35N3O3. The number of carbonyl (C=O) groups is 1. The Labute approximate surface area is 186 Å². The molecule has 0 bridgehead atoms. The van der Waals surface area contributed by atoms with Crippen LogP contribution in [0.4, 0.5) is 0 Å². The second-order valence-corrected chi connectivity index (χ2v) is 8.63. The van der Waals surface area contributed by atoms with Gasteiger partial charge in [0.25, 0.3) is 0 Å². The fourth-order valence-electron chi connectivity index (χ4n) is 3.20. The Bertz CT molecular complexity index is 932. The van der Waals surface area contributed by atoms with Crippen molar-refractivity contribution in [1.82, 2.24) is 9.78 Å². The van der Waals surface area contributed by atoms with Crippen LogP contribution in [0.15, 0.2) is 35.3 Å². The summed E-state index contributed by atoms with van der Waals surface area (Å²) in [6, 6.07) is 10.3. The Hall–Kier alpha value is -2.89. The molecule has 0 atom stereocenters. The Morgan fingerprint density at radius 1 is 1.19 bits per heavy atom. The molecule has 0 saturated heterocycles. The second-order valence-electron chi connectivity index (χ2n) is 8.63. The van der Waals surface area contributed by atoms with Crippen LogP contribution in [0.1, 0.15) is 69.5 Å². The summed E-state index contributed by atoms with van der Waals surface area (Å²) >= 11 is 0. The number of esters is 1. The van der Waals surface area contributed by atoms with Crippen LogP contribution in [0.2, 0.25) is 0 Å². The van der Waals surface area contributed by atoms with Gasteiger partial charge in [-0.2, -0.15) is 5.10 Å². The highest BCUT2D eigenvalue weighted by atomic mass is 16.7. The maximum Gasteiger partial charge on any atom is 0.308 e. The predicted octanol–water partition coefficient (Wildman–Crippen LogP) is 5.30. The van der Waals surface area contributed by atoms with Crippen molar-refractivity contribution in [3.05, 3.63) is 52.8 Å². The van der Waals surface area contributed by atoms with Gasteiger partial charge in [0, 0.05) is 32.3 Å². The van der Waals surface area contributed by atoms with Crippen LogP contribution in [0.5, 0.6) is 0 Å². The molecule has 1 aromatic carbocycles. The van der Waals surface area contributed by atoms with Gasteiger partial charge in [0.05, 0.1) is 5.69 Å². The molecule has 1 aromatic heterocycles. The van der Waals surface area contributed by atoms with E-state index in [1.165, 1.54) is 5.56 Å². The van der Waals surface area contributed by atoms with Crippen LogP contribution in [0, 0.1) is 6.92 Å². The highest BCUT2D eigenvalue weighted by molar-refractivity contribution is 6.18. The van der Waals surface area contributed by atoms with E-state index < -0.39 is 0 Å². The van der Waals surface area contributed by atoms with Gasteiger partial charge in [-0.3, -0.25) is 14.5 Å². The third-order valence-electron chi connectivity index (χ3n) is 4.96. The van der Waals surface area contributed by atoms with Crippen LogP contribution >= 0.6 is 0 Å². The minimum absolute atomic E-state index is 0.0619. The van der Waals surface area contributed by atoms with Gasteiger partial charge < -0.3 is 9.47 Å². The standard InChI is InChI=1S/C25H35N3O3/c1-8-9-10-23(29)30-17-31-24(22-15-18(2)27-28(22)7)21(16-26-6)19-11-13-20(14-12-19)25(3,4)5/h11-16H,8-10,17H2,1-7H3/b24-21-,26-16?. The highest BCUT2D eigenvalue weighted by Gasteiger charge is 2.19. The molecule has 0 aliphatic carbocycles. The Kier molecular flexibility index (Phi) is 8.60. The van der Waals surface area contributed by atoms with Gasteiger partial charge in [0.1, 0.15) is 5.69 Å². The van der Waals surface area contributed by atoms with Crippen molar-refractivity contribution in [3.63, 3.8) is 0 Å². The molecule has 168 valence electrons. The number of benzene rings is 1. The first kappa shape index (κ1) is 24.4. The van der Waals surface area contributed by atoms with Gasteiger partial charge in [0.15, 0.2) is 5.76 Å². The lowest BCUT2D eigenvalue weighted by Crippen LogP contribution is -2.12. The second kappa shape index (κ2) is 10.9. The summed E-state index contributed by atoms with van der Waals surface area (Å²) in [7, 11) is 3.59. The molecule has 0 N–H and O–H groups in total. The lowest BCUT2D eigenvalue weighted by atomic mass is 9.86. The molecule has 0 saturated carbocycles. The number of carbonyl (C=O) groups excluding carboxylic acids is 1. The zero-order valence-corrected chi connectivity index (χ0v) is 19.9. The van der Waals surface area contributed by atoms with Crippen molar-refractivity contribution in [1.29, 1.82) is 0 Å². The van der Waals surface area contributed by atoms with Crippen LogP contribution in [-0.4, -0.2) is 35.8 Å². The summed E-state index contributed by atoms with van der Waals surface area (Å²) in [6.07, 6.45) is 3.90. The van der Waals surface area contributed by atoms with E-state index in [1.54, 1.807) is 17.9 Å². The maximum atomic E-state index is 11.9. The van der Waals surface area contributed by atoms with E-state index in [-0.39, 0.29) is 18.2 Å². The highest BCUT2D eigenvalue weighted by Crippen LogP contribution is 2.29. The van der Waals surface area contributed by atoms with Gasteiger partial charge in [0.2, 0.25) is 6.79 Å². The average Bonchev–Trinajstić information content (AvgIpc) is 3.05. The molecule has 2 rings (SSSR count). The van der Waals surface area contributed by atoms with Gasteiger partial charge in [-0.25, -0.2) is 0 Å². The van der Waals surface area contributed by atoms with Gasteiger partial charge in [-0.05, 0) is 36.0 Å². The monoisotopic (exact) mass is 425 g/mol. The number of hydrogen-bond donors (Lipinski definition) is 0. The van der Waals surface area contributed by atoms with Gasteiger partial charge in [-0.1, -0.05) is 58.4 Å². The molecule has 6 nitrogen and oxygen atoms in total. The van der Waals surface area contributed by atoms with Crippen LogP contribution in [0.3, 0.4) is 0 Å². The van der Waals surface area contributed by atoms with Crippen LogP contribution in [-0.2, 0) is 26.7 Å².